The van der Waals surface area contributed by atoms with Crippen LogP contribution in [0.1, 0.15) is 123 Å². The smallest absolute Gasteiger partial charge is 0.305 e. The van der Waals surface area contributed by atoms with Crippen molar-refractivity contribution in [2.45, 2.75) is 129 Å². The highest BCUT2D eigenvalue weighted by atomic mass is 16.5. The molecule has 0 aromatic rings. The van der Waals surface area contributed by atoms with Gasteiger partial charge in [-0.15, -0.1) is 5.73 Å². The van der Waals surface area contributed by atoms with E-state index < -0.39 is 0 Å². The molecule has 0 aliphatic rings. The highest BCUT2D eigenvalue weighted by Gasteiger charge is 2.04. The second-order valence-corrected chi connectivity index (χ2v) is 8.56. The Morgan fingerprint density at radius 1 is 0.812 bits per heavy atom. The summed E-state index contributed by atoms with van der Waals surface area (Å²) in [4.78, 5) is 11.2. The Labute approximate surface area is 198 Å². The first kappa shape index (κ1) is 30.4. The van der Waals surface area contributed by atoms with E-state index in [1.165, 1.54) is 32.1 Å². The van der Waals surface area contributed by atoms with Crippen LogP contribution in [0.15, 0.2) is 42.2 Å². The van der Waals surface area contributed by atoms with Crippen LogP contribution in [0.5, 0.6) is 0 Å². The Bertz CT molecular complexity index is 527. The Balaban J connectivity index is 3.43. The van der Waals surface area contributed by atoms with E-state index in [0.717, 1.165) is 70.6 Å². The van der Waals surface area contributed by atoms with E-state index in [4.69, 9.17) is 4.74 Å². The number of ether oxygens (including phenoxy) is 1. The molecule has 1 N–H and O–H groups in total. The summed E-state index contributed by atoms with van der Waals surface area (Å²) in [5.41, 5.74) is 3.24. The molecule has 184 valence electrons. The van der Waals surface area contributed by atoms with E-state index in [2.05, 4.69) is 43.0 Å². The SMILES string of the molecule is CCCCC/C=C\C=C=CCCC/C=C/CCCCC(O)CCCCCCC(=O)OCC. The van der Waals surface area contributed by atoms with Gasteiger partial charge in [-0.05, 0) is 83.3 Å². The number of allylic oxidation sites excluding steroid dienone is 5. The van der Waals surface area contributed by atoms with Crippen molar-refractivity contribution in [3.63, 3.8) is 0 Å². The van der Waals surface area contributed by atoms with Crippen LogP contribution >= 0.6 is 0 Å². The molecule has 0 saturated carbocycles. The van der Waals surface area contributed by atoms with E-state index in [0.29, 0.717) is 13.0 Å². The zero-order valence-corrected chi connectivity index (χ0v) is 21.0. The van der Waals surface area contributed by atoms with Crippen LogP contribution in [-0.4, -0.2) is 23.8 Å². The maximum Gasteiger partial charge on any atom is 0.305 e. The highest BCUT2D eigenvalue weighted by Crippen LogP contribution is 2.13. The van der Waals surface area contributed by atoms with Crippen LogP contribution in [-0.2, 0) is 9.53 Å². The zero-order chi connectivity index (χ0) is 23.5. The maximum absolute atomic E-state index is 11.2. The Morgan fingerprint density at radius 3 is 2.22 bits per heavy atom. The normalized spacial score (nSPS) is 12.2. The second-order valence-electron chi connectivity index (χ2n) is 8.56. The summed E-state index contributed by atoms with van der Waals surface area (Å²) in [7, 11) is 0. The van der Waals surface area contributed by atoms with Gasteiger partial charge in [-0.1, -0.05) is 69.8 Å². The molecule has 0 aliphatic carbocycles. The molecule has 3 nitrogen and oxygen atoms in total. The van der Waals surface area contributed by atoms with Crippen molar-refractivity contribution in [2.24, 2.45) is 0 Å². The summed E-state index contributed by atoms with van der Waals surface area (Å²) in [5.74, 6) is -0.0907. The summed E-state index contributed by atoms with van der Waals surface area (Å²) < 4.78 is 4.92. The van der Waals surface area contributed by atoms with Gasteiger partial charge in [0.25, 0.3) is 0 Å². The zero-order valence-electron chi connectivity index (χ0n) is 21.0. The molecule has 0 radical (unpaired) electrons. The first-order valence-corrected chi connectivity index (χ1v) is 13.2. The van der Waals surface area contributed by atoms with Crippen LogP contribution in [0.4, 0.5) is 0 Å². The lowest BCUT2D eigenvalue weighted by molar-refractivity contribution is -0.143. The van der Waals surface area contributed by atoms with Gasteiger partial charge in [-0.25, -0.2) is 0 Å². The van der Waals surface area contributed by atoms with Crippen molar-refractivity contribution < 1.29 is 14.6 Å². The number of unbranched alkanes of at least 4 members (excludes halogenated alkanes) is 10. The van der Waals surface area contributed by atoms with Gasteiger partial charge in [0.15, 0.2) is 0 Å². The van der Waals surface area contributed by atoms with Crippen molar-refractivity contribution >= 4 is 5.97 Å². The number of aliphatic hydroxyl groups is 1. The molecule has 1 atom stereocenters. The molecule has 0 bridgehead atoms. The molecule has 0 rings (SSSR count). The molecule has 0 fully saturated rings. The summed E-state index contributed by atoms with van der Waals surface area (Å²) in [6.45, 7) is 4.54. The third kappa shape index (κ3) is 24.7. The van der Waals surface area contributed by atoms with E-state index in [9.17, 15) is 9.90 Å². The number of carbonyl (C=O) groups is 1. The standard InChI is InChI=1S/C29H50O3/c1-3-5-6-7-8-9-10-11-12-13-14-15-16-17-18-19-22-25-28(30)26-23-20-21-24-27-29(31)32-4-2/h8-10,12,16-17,28,30H,3-7,13-15,18-27H2,1-2H3/b9-8-,17-16+. The minimum Gasteiger partial charge on any atom is -0.466 e. The number of aliphatic hydroxyl groups excluding tert-OH is 1. The van der Waals surface area contributed by atoms with E-state index in [1.807, 2.05) is 13.0 Å². The van der Waals surface area contributed by atoms with Gasteiger partial charge in [0.2, 0.25) is 0 Å². The molecule has 0 amide bonds. The van der Waals surface area contributed by atoms with Crippen molar-refractivity contribution in [2.75, 3.05) is 6.61 Å². The third-order valence-electron chi connectivity index (χ3n) is 5.44. The first-order valence-electron chi connectivity index (χ1n) is 13.2. The van der Waals surface area contributed by atoms with E-state index >= 15 is 0 Å². The van der Waals surface area contributed by atoms with Gasteiger partial charge in [-0.3, -0.25) is 4.79 Å². The summed E-state index contributed by atoms with van der Waals surface area (Å²) >= 11 is 0. The fourth-order valence-electron chi connectivity index (χ4n) is 3.48. The predicted molar refractivity (Wildman–Crippen MR) is 138 cm³/mol. The number of rotatable bonds is 22. The molecule has 0 saturated heterocycles. The Kier molecular flexibility index (Phi) is 24.4. The molecular formula is C29H50O3. The fourth-order valence-corrected chi connectivity index (χ4v) is 3.48. The van der Waals surface area contributed by atoms with Gasteiger partial charge in [0.05, 0.1) is 12.7 Å². The molecule has 32 heavy (non-hydrogen) atoms. The van der Waals surface area contributed by atoms with E-state index in [-0.39, 0.29) is 12.1 Å². The van der Waals surface area contributed by atoms with Crippen molar-refractivity contribution in [3.05, 3.63) is 42.2 Å². The quantitative estimate of drug-likeness (QED) is 0.0597. The van der Waals surface area contributed by atoms with Crippen LogP contribution in [0.2, 0.25) is 0 Å². The first-order chi connectivity index (χ1) is 15.7. The molecule has 0 spiro atoms. The fraction of sp³-hybridized carbons (Fsp3) is 0.724. The van der Waals surface area contributed by atoms with Crippen molar-refractivity contribution in [1.29, 1.82) is 0 Å². The maximum atomic E-state index is 11.2. The Morgan fingerprint density at radius 2 is 1.47 bits per heavy atom. The number of carbonyl (C=O) groups excluding carboxylic acids is 1. The average Bonchev–Trinajstić information content (AvgIpc) is 2.78. The lowest BCUT2D eigenvalue weighted by atomic mass is 10.0. The van der Waals surface area contributed by atoms with Gasteiger partial charge in [0.1, 0.15) is 0 Å². The highest BCUT2D eigenvalue weighted by molar-refractivity contribution is 5.69. The average molecular weight is 447 g/mol. The monoisotopic (exact) mass is 446 g/mol. The van der Waals surface area contributed by atoms with Gasteiger partial charge < -0.3 is 9.84 Å². The van der Waals surface area contributed by atoms with Gasteiger partial charge in [0, 0.05) is 6.42 Å². The molecular weight excluding hydrogens is 396 g/mol. The molecule has 0 heterocycles. The molecule has 1 unspecified atom stereocenters. The Hall–Kier alpha value is -1.57. The van der Waals surface area contributed by atoms with Crippen LogP contribution in [0.25, 0.3) is 0 Å². The minimum absolute atomic E-state index is 0.0907. The minimum atomic E-state index is -0.171. The van der Waals surface area contributed by atoms with Crippen molar-refractivity contribution in [1.82, 2.24) is 0 Å². The topological polar surface area (TPSA) is 46.5 Å². The lowest BCUT2D eigenvalue weighted by Gasteiger charge is -2.09. The summed E-state index contributed by atoms with van der Waals surface area (Å²) in [6, 6.07) is 0. The second kappa shape index (κ2) is 25.7. The molecule has 3 heteroatoms. The number of hydrogen-bond acceptors (Lipinski definition) is 3. The number of esters is 1. The summed E-state index contributed by atoms with van der Waals surface area (Å²) in [5, 5.41) is 10.1. The van der Waals surface area contributed by atoms with E-state index in [1.54, 1.807) is 0 Å². The van der Waals surface area contributed by atoms with Crippen LogP contribution in [0.3, 0.4) is 0 Å². The van der Waals surface area contributed by atoms with Gasteiger partial charge in [-0.2, -0.15) is 0 Å². The van der Waals surface area contributed by atoms with Crippen LogP contribution in [0, 0.1) is 0 Å². The van der Waals surface area contributed by atoms with Crippen LogP contribution < -0.4 is 0 Å². The molecule has 0 aliphatic heterocycles. The molecule has 0 aromatic heterocycles. The van der Waals surface area contributed by atoms with Gasteiger partial charge >= 0.3 is 5.97 Å². The number of hydrogen-bond donors (Lipinski definition) is 1. The third-order valence-corrected chi connectivity index (χ3v) is 5.44. The lowest BCUT2D eigenvalue weighted by Crippen LogP contribution is -2.06. The summed E-state index contributed by atoms with van der Waals surface area (Å²) in [6.07, 6.45) is 31.1. The largest absolute Gasteiger partial charge is 0.466 e. The van der Waals surface area contributed by atoms with Crippen molar-refractivity contribution in [3.8, 4) is 0 Å². The molecule has 0 aromatic carbocycles. The predicted octanol–water partition coefficient (Wildman–Crippen LogP) is 8.39.